The Bertz CT molecular complexity index is 801. The summed E-state index contributed by atoms with van der Waals surface area (Å²) in [6, 6.07) is 9.17. The van der Waals surface area contributed by atoms with Crippen molar-refractivity contribution in [3.8, 4) is 0 Å². The third kappa shape index (κ3) is 7.87. The van der Waals surface area contributed by atoms with Gasteiger partial charge in [0.25, 0.3) is 0 Å². The summed E-state index contributed by atoms with van der Waals surface area (Å²) in [7, 11) is 0. The van der Waals surface area contributed by atoms with Crippen LogP contribution < -0.4 is 5.32 Å². The van der Waals surface area contributed by atoms with Gasteiger partial charge in [0, 0.05) is 45.3 Å². The van der Waals surface area contributed by atoms with E-state index in [0.29, 0.717) is 12.1 Å². The van der Waals surface area contributed by atoms with Gasteiger partial charge in [-0.25, -0.2) is 4.99 Å². The molecule has 1 aliphatic heterocycles. The number of aromatic nitrogens is 1. The van der Waals surface area contributed by atoms with Crippen LogP contribution >= 0.6 is 0 Å². The van der Waals surface area contributed by atoms with E-state index in [2.05, 4.69) is 20.3 Å². The molecule has 2 aromatic rings. The fourth-order valence-electron chi connectivity index (χ4n) is 3.28. The van der Waals surface area contributed by atoms with Gasteiger partial charge in [0.15, 0.2) is 5.96 Å². The first-order chi connectivity index (χ1) is 14.9. The summed E-state index contributed by atoms with van der Waals surface area (Å²) in [5.74, 6) is 0.862. The number of hydrogen-bond acceptors (Lipinski definition) is 5. The predicted molar refractivity (Wildman–Crippen MR) is 110 cm³/mol. The third-order valence-corrected chi connectivity index (χ3v) is 4.85. The Kier molecular flexibility index (Phi) is 8.30. The number of piperazine rings is 1. The third-order valence-electron chi connectivity index (χ3n) is 4.85. The predicted octanol–water partition coefficient (Wildman–Crippen LogP) is 3.04. The second-order valence-corrected chi connectivity index (χ2v) is 7.35. The fourth-order valence-corrected chi connectivity index (χ4v) is 3.28. The maximum atomic E-state index is 12.2. The number of nitrogens with zero attached hydrogens (tertiary/aromatic N) is 4. The summed E-state index contributed by atoms with van der Waals surface area (Å²) >= 11 is 0. The van der Waals surface area contributed by atoms with Crippen LogP contribution in [0.15, 0.2) is 46.1 Å². The number of aliphatic imine (C=N–C) groups is 1. The molecule has 1 fully saturated rings. The van der Waals surface area contributed by atoms with Crippen LogP contribution in [-0.4, -0.2) is 66.4 Å². The van der Waals surface area contributed by atoms with Crippen LogP contribution in [0.3, 0.4) is 0 Å². The fraction of sp³-hybridized carbons (Fsp3) is 0.524. The van der Waals surface area contributed by atoms with Crippen molar-refractivity contribution in [1.29, 1.82) is 0 Å². The lowest BCUT2D eigenvalue weighted by molar-refractivity contribution is -0.176. The van der Waals surface area contributed by atoms with E-state index in [4.69, 9.17) is 14.3 Å². The van der Waals surface area contributed by atoms with E-state index in [1.165, 1.54) is 0 Å². The van der Waals surface area contributed by atoms with Crippen LogP contribution in [0.5, 0.6) is 0 Å². The molecule has 1 aromatic carbocycles. The Morgan fingerprint density at radius 3 is 2.45 bits per heavy atom. The van der Waals surface area contributed by atoms with Crippen LogP contribution in [0.2, 0.25) is 0 Å². The molecular formula is C21H28F3N5O2. The second kappa shape index (κ2) is 11.1. The lowest BCUT2D eigenvalue weighted by Crippen LogP contribution is -2.52. The first-order valence-corrected chi connectivity index (χ1v) is 10.3. The summed E-state index contributed by atoms with van der Waals surface area (Å²) in [5, 5.41) is 7.31. The summed E-state index contributed by atoms with van der Waals surface area (Å²) in [6.45, 7) is 6.30. The number of nitrogens with one attached hydrogen (secondary N) is 1. The molecule has 0 atom stereocenters. The quantitative estimate of drug-likeness (QED) is 0.504. The van der Waals surface area contributed by atoms with Crippen LogP contribution in [0, 0.1) is 0 Å². The number of benzene rings is 1. The minimum atomic E-state index is -4.31. The van der Waals surface area contributed by atoms with E-state index >= 15 is 0 Å². The highest BCUT2D eigenvalue weighted by Gasteiger charge is 2.27. The minimum absolute atomic E-state index is 0.0652. The highest BCUT2D eigenvalue weighted by atomic mass is 19.4. The molecule has 0 saturated carbocycles. The normalized spacial score (nSPS) is 16.0. The van der Waals surface area contributed by atoms with E-state index in [1.807, 2.05) is 25.1 Å². The standard InChI is InChI=1S/C21H28F3N5O2/c1-2-25-20(29-10-8-28(9-11-29)14-19-7-12-31-27-19)26-13-17-3-5-18(6-4-17)15-30-16-21(22,23)24/h3-7,12H,2,8-11,13-16H2,1H3,(H,25,26). The van der Waals surface area contributed by atoms with E-state index in [0.717, 1.165) is 56.5 Å². The molecule has 10 heteroatoms. The molecule has 0 bridgehead atoms. The summed E-state index contributed by atoms with van der Waals surface area (Å²) in [4.78, 5) is 9.31. The molecule has 170 valence electrons. The van der Waals surface area contributed by atoms with Gasteiger partial charge in [-0.1, -0.05) is 29.4 Å². The Morgan fingerprint density at radius 1 is 1.13 bits per heavy atom. The number of alkyl halides is 3. The second-order valence-electron chi connectivity index (χ2n) is 7.35. The van der Waals surface area contributed by atoms with Crippen LogP contribution in [0.1, 0.15) is 23.7 Å². The van der Waals surface area contributed by atoms with Gasteiger partial charge in [0.05, 0.1) is 18.8 Å². The topological polar surface area (TPSA) is 66.1 Å². The van der Waals surface area contributed by atoms with Crippen molar-refractivity contribution < 1.29 is 22.4 Å². The molecule has 1 saturated heterocycles. The van der Waals surface area contributed by atoms with Crippen molar-refractivity contribution in [3.63, 3.8) is 0 Å². The first-order valence-electron chi connectivity index (χ1n) is 10.3. The van der Waals surface area contributed by atoms with Gasteiger partial charge in [-0.15, -0.1) is 0 Å². The monoisotopic (exact) mass is 439 g/mol. The molecule has 0 aliphatic carbocycles. The average molecular weight is 439 g/mol. The lowest BCUT2D eigenvalue weighted by Gasteiger charge is -2.36. The Labute approximate surface area is 179 Å². The van der Waals surface area contributed by atoms with Gasteiger partial charge in [-0.2, -0.15) is 13.2 Å². The van der Waals surface area contributed by atoms with Crippen molar-refractivity contribution in [1.82, 2.24) is 20.3 Å². The summed E-state index contributed by atoms with van der Waals surface area (Å²) < 4.78 is 46.1. The number of guanidine groups is 1. The number of rotatable bonds is 8. The van der Waals surface area contributed by atoms with Gasteiger partial charge < -0.3 is 19.5 Å². The SMILES string of the molecule is CCNC(=NCc1ccc(COCC(F)(F)F)cc1)N1CCN(Cc2ccon2)CC1. The van der Waals surface area contributed by atoms with Crippen molar-refractivity contribution in [3.05, 3.63) is 53.4 Å². The number of hydrogen-bond donors (Lipinski definition) is 1. The molecule has 31 heavy (non-hydrogen) atoms. The molecule has 1 aromatic heterocycles. The molecule has 1 N–H and O–H groups in total. The molecule has 0 amide bonds. The maximum absolute atomic E-state index is 12.2. The van der Waals surface area contributed by atoms with E-state index in [9.17, 15) is 13.2 Å². The Morgan fingerprint density at radius 2 is 1.84 bits per heavy atom. The minimum Gasteiger partial charge on any atom is -0.367 e. The Balaban J connectivity index is 1.49. The van der Waals surface area contributed by atoms with Gasteiger partial charge in [-0.05, 0) is 18.1 Å². The van der Waals surface area contributed by atoms with Crippen molar-refractivity contribution in [2.24, 2.45) is 4.99 Å². The van der Waals surface area contributed by atoms with E-state index in [-0.39, 0.29) is 6.61 Å². The molecule has 2 heterocycles. The number of ether oxygens (including phenoxy) is 1. The molecule has 0 unspecified atom stereocenters. The van der Waals surface area contributed by atoms with Crippen LogP contribution in [0.4, 0.5) is 13.2 Å². The molecule has 0 radical (unpaired) electrons. The molecule has 1 aliphatic rings. The molecule has 7 nitrogen and oxygen atoms in total. The number of halogens is 3. The zero-order valence-corrected chi connectivity index (χ0v) is 17.6. The smallest absolute Gasteiger partial charge is 0.367 e. The zero-order valence-electron chi connectivity index (χ0n) is 17.6. The van der Waals surface area contributed by atoms with Gasteiger partial charge >= 0.3 is 6.18 Å². The van der Waals surface area contributed by atoms with Gasteiger partial charge in [0.1, 0.15) is 12.9 Å². The van der Waals surface area contributed by atoms with Crippen LogP contribution in [0.25, 0.3) is 0 Å². The lowest BCUT2D eigenvalue weighted by atomic mass is 10.1. The highest BCUT2D eigenvalue weighted by Crippen LogP contribution is 2.16. The average Bonchev–Trinajstić information content (AvgIpc) is 3.25. The molecule has 0 spiro atoms. The molecule has 3 rings (SSSR count). The largest absolute Gasteiger partial charge is 0.411 e. The first kappa shape index (κ1) is 23.1. The van der Waals surface area contributed by atoms with Crippen LogP contribution in [-0.2, 0) is 24.4 Å². The molecular weight excluding hydrogens is 411 g/mol. The van der Waals surface area contributed by atoms with Crippen molar-refractivity contribution in [2.75, 3.05) is 39.3 Å². The van der Waals surface area contributed by atoms with Crippen molar-refractivity contribution in [2.45, 2.75) is 32.8 Å². The zero-order chi connectivity index (χ0) is 22.1. The van der Waals surface area contributed by atoms with E-state index < -0.39 is 12.8 Å². The summed E-state index contributed by atoms with van der Waals surface area (Å²) in [6.07, 6.45) is -2.72. The van der Waals surface area contributed by atoms with Gasteiger partial charge in [-0.3, -0.25) is 4.90 Å². The maximum Gasteiger partial charge on any atom is 0.411 e. The van der Waals surface area contributed by atoms with E-state index in [1.54, 1.807) is 18.4 Å². The summed E-state index contributed by atoms with van der Waals surface area (Å²) in [5.41, 5.74) is 2.62. The van der Waals surface area contributed by atoms with Gasteiger partial charge in [0.2, 0.25) is 0 Å². The Hall–Kier alpha value is -2.59. The highest BCUT2D eigenvalue weighted by molar-refractivity contribution is 5.80. The van der Waals surface area contributed by atoms with Crippen molar-refractivity contribution >= 4 is 5.96 Å².